The van der Waals surface area contributed by atoms with Gasteiger partial charge in [-0.3, -0.25) is 4.79 Å². The maximum atomic E-state index is 12.8. The first kappa shape index (κ1) is 15.2. The second-order valence-corrected chi connectivity index (χ2v) is 6.32. The quantitative estimate of drug-likeness (QED) is 0.761. The lowest BCUT2D eigenvalue weighted by molar-refractivity contribution is 0.0926. The normalized spacial score (nSPS) is 20.6. The van der Waals surface area contributed by atoms with Gasteiger partial charge in [0.25, 0.3) is 5.91 Å². The van der Waals surface area contributed by atoms with Crippen LogP contribution in [0.25, 0.3) is 10.9 Å². The van der Waals surface area contributed by atoms with Crippen molar-refractivity contribution in [1.29, 1.82) is 0 Å². The monoisotopic (exact) mass is 345 g/mol. The fraction of sp³-hybridized carbons (Fsp3) is 0.312. The molecule has 0 saturated carbocycles. The molecule has 0 aliphatic carbocycles. The predicted octanol–water partition coefficient (Wildman–Crippen LogP) is 2.09. The number of fused-ring (bicyclic) bond motifs is 1. The minimum atomic E-state index is -0.164. The number of H-pyrrole nitrogens is 1. The maximum Gasteiger partial charge on any atom is 0.254 e. The van der Waals surface area contributed by atoms with E-state index in [0.29, 0.717) is 23.8 Å². The Labute approximate surface area is 142 Å². The van der Waals surface area contributed by atoms with Crippen LogP contribution in [0.4, 0.5) is 0 Å². The van der Waals surface area contributed by atoms with Gasteiger partial charge in [0.2, 0.25) is 0 Å². The van der Waals surface area contributed by atoms with E-state index in [-0.39, 0.29) is 18.0 Å². The van der Waals surface area contributed by atoms with Gasteiger partial charge in [-0.05, 0) is 25.1 Å². The van der Waals surface area contributed by atoms with Gasteiger partial charge in [-0.2, -0.15) is 0 Å². The van der Waals surface area contributed by atoms with Crippen LogP contribution in [0.3, 0.4) is 0 Å². The Morgan fingerprint density at radius 2 is 2.33 bits per heavy atom. The molecule has 2 aromatic heterocycles. The Morgan fingerprint density at radius 1 is 1.46 bits per heavy atom. The van der Waals surface area contributed by atoms with E-state index in [1.54, 1.807) is 29.2 Å². The fourth-order valence-electron chi connectivity index (χ4n) is 3.17. The number of rotatable bonds is 3. The van der Waals surface area contributed by atoms with E-state index in [4.69, 9.17) is 16.3 Å². The van der Waals surface area contributed by atoms with Crippen molar-refractivity contribution in [3.05, 3.63) is 46.9 Å². The molecule has 7 nitrogen and oxygen atoms in total. The number of nitrogens with zero attached hydrogens (tertiary/aromatic N) is 3. The van der Waals surface area contributed by atoms with Gasteiger partial charge < -0.3 is 15.0 Å². The number of amides is 1. The van der Waals surface area contributed by atoms with Crippen LogP contribution in [-0.4, -0.2) is 45.1 Å². The third kappa shape index (κ3) is 2.55. The molecule has 1 fully saturated rings. The van der Waals surface area contributed by atoms with Gasteiger partial charge in [-0.25, -0.2) is 4.68 Å². The first-order chi connectivity index (χ1) is 11.6. The molecule has 3 aromatic rings. The Morgan fingerprint density at radius 3 is 3.12 bits per heavy atom. The number of hydrogen-bond acceptors (Lipinski definition) is 4. The first-order valence-electron chi connectivity index (χ1n) is 7.65. The van der Waals surface area contributed by atoms with E-state index in [1.807, 2.05) is 13.0 Å². The molecule has 1 aliphatic heterocycles. The molecule has 1 aromatic carbocycles. The maximum absolute atomic E-state index is 12.8. The lowest BCUT2D eigenvalue weighted by Crippen LogP contribution is -2.41. The summed E-state index contributed by atoms with van der Waals surface area (Å²) < 4.78 is 7.24. The van der Waals surface area contributed by atoms with Crippen LogP contribution in [0.15, 0.2) is 30.6 Å². The van der Waals surface area contributed by atoms with E-state index < -0.39 is 0 Å². The summed E-state index contributed by atoms with van der Waals surface area (Å²) in [5, 5.41) is 12.3. The molecule has 4 rings (SSSR count). The van der Waals surface area contributed by atoms with Crippen LogP contribution in [0.1, 0.15) is 22.1 Å². The summed E-state index contributed by atoms with van der Waals surface area (Å²) in [4.78, 5) is 16.1. The van der Waals surface area contributed by atoms with E-state index in [2.05, 4.69) is 20.6 Å². The summed E-state index contributed by atoms with van der Waals surface area (Å²) in [6, 6.07) is 5.24. The summed E-state index contributed by atoms with van der Waals surface area (Å²) in [7, 11) is 0. The van der Waals surface area contributed by atoms with E-state index in [0.717, 1.165) is 16.6 Å². The molecule has 0 bridgehead atoms. The summed E-state index contributed by atoms with van der Waals surface area (Å²) in [6.45, 7) is 2.81. The minimum Gasteiger partial charge on any atom is -0.377 e. The molecule has 0 unspecified atom stereocenters. The number of aryl methyl sites for hydroxylation is 1. The topological polar surface area (TPSA) is 84.8 Å². The standard InChI is InChI=1S/C16H16ClN5O2/c1-9-15(11-6-10(17)2-3-12(11)19-9)16(23)20-13-7-24-8-14(13)22-5-4-18-21-22/h2-6,13-14,19H,7-8H2,1H3,(H,20,23)/t13-,14+/m0/s1. The third-order valence-corrected chi connectivity index (χ3v) is 4.56. The van der Waals surface area contributed by atoms with Crippen molar-refractivity contribution in [3.63, 3.8) is 0 Å². The lowest BCUT2D eigenvalue weighted by Gasteiger charge is -2.19. The van der Waals surface area contributed by atoms with Crippen LogP contribution < -0.4 is 5.32 Å². The number of hydrogen-bond donors (Lipinski definition) is 2. The number of aromatic amines is 1. The van der Waals surface area contributed by atoms with Gasteiger partial charge >= 0.3 is 0 Å². The highest BCUT2D eigenvalue weighted by molar-refractivity contribution is 6.31. The van der Waals surface area contributed by atoms with Crippen molar-refractivity contribution in [1.82, 2.24) is 25.3 Å². The average Bonchev–Trinajstić information content (AvgIpc) is 3.25. The van der Waals surface area contributed by atoms with E-state index >= 15 is 0 Å². The number of halogens is 1. The van der Waals surface area contributed by atoms with Crippen molar-refractivity contribution in [2.45, 2.75) is 19.0 Å². The zero-order valence-electron chi connectivity index (χ0n) is 13.0. The Bertz CT molecular complexity index is 889. The second kappa shape index (κ2) is 5.92. The van der Waals surface area contributed by atoms with Crippen molar-refractivity contribution >= 4 is 28.4 Å². The van der Waals surface area contributed by atoms with Gasteiger partial charge in [0.05, 0.1) is 37.1 Å². The Hall–Kier alpha value is -2.38. The molecule has 24 heavy (non-hydrogen) atoms. The smallest absolute Gasteiger partial charge is 0.254 e. The van der Waals surface area contributed by atoms with Gasteiger partial charge in [0.15, 0.2) is 0 Å². The summed E-state index contributed by atoms with van der Waals surface area (Å²) in [5.41, 5.74) is 2.30. The minimum absolute atomic E-state index is 0.0643. The Kier molecular flexibility index (Phi) is 3.74. The first-order valence-corrected chi connectivity index (χ1v) is 8.03. The number of ether oxygens (including phenoxy) is 1. The second-order valence-electron chi connectivity index (χ2n) is 5.88. The molecular formula is C16H16ClN5O2. The Balaban J connectivity index is 1.63. The molecule has 2 N–H and O–H groups in total. The summed E-state index contributed by atoms with van der Waals surface area (Å²) in [5.74, 6) is -0.151. The highest BCUT2D eigenvalue weighted by atomic mass is 35.5. The summed E-state index contributed by atoms with van der Waals surface area (Å²) in [6.07, 6.45) is 3.39. The molecule has 124 valence electrons. The largest absolute Gasteiger partial charge is 0.377 e. The van der Waals surface area contributed by atoms with Crippen molar-refractivity contribution in [2.24, 2.45) is 0 Å². The van der Waals surface area contributed by atoms with Gasteiger partial charge in [-0.1, -0.05) is 16.8 Å². The number of carbonyl (C=O) groups excluding carboxylic acids is 1. The molecule has 1 amide bonds. The predicted molar refractivity (Wildman–Crippen MR) is 89.2 cm³/mol. The van der Waals surface area contributed by atoms with E-state index in [9.17, 15) is 4.79 Å². The van der Waals surface area contributed by atoms with Crippen molar-refractivity contribution in [3.8, 4) is 0 Å². The zero-order valence-corrected chi connectivity index (χ0v) is 13.7. The van der Waals surface area contributed by atoms with Crippen LogP contribution >= 0.6 is 11.6 Å². The van der Waals surface area contributed by atoms with Gasteiger partial charge in [0, 0.05) is 27.8 Å². The number of benzene rings is 1. The van der Waals surface area contributed by atoms with E-state index in [1.165, 1.54) is 0 Å². The molecular weight excluding hydrogens is 330 g/mol. The number of nitrogens with one attached hydrogen (secondary N) is 2. The highest BCUT2D eigenvalue weighted by Crippen LogP contribution is 2.26. The molecule has 3 heterocycles. The third-order valence-electron chi connectivity index (χ3n) is 4.32. The van der Waals surface area contributed by atoms with Crippen LogP contribution in [-0.2, 0) is 4.74 Å². The van der Waals surface area contributed by atoms with Crippen molar-refractivity contribution < 1.29 is 9.53 Å². The fourth-order valence-corrected chi connectivity index (χ4v) is 3.34. The highest BCUT2D eigenvalue weighted by Gasteiger charge is 2.32. The average molecular weight is 346 g/mol. The molecule has 8 heteroatoms. The van der Waals surface area contributed by atoms with Crippen LogP contribution in [0.5, 0.6) is 0 Å². The SMILES string of the molecule is Cc1[nH]c2ccc(Cl)cc2c1C(=O)N[C@H]1COC[C@H]1n1ccnn1. The molecule has 2 atom stereocenters. The number of carbonyl (C=O) groups is 1. The van der Waals surface area contributed by atoms with Crippen LogP contribution in [0.2, 0.25) is 5.02 Å². The molecule has 0 radical (unpaired) electrons. The molecule has 0 spiro atoms. The van der Waals surface area contributed by atoms with Gasteiger partial charge in [0.1, 0.15) is 0 Å². The van der Waals surface area contributed by atoms with Gasteiger partial charge in [-0.15, -0.1) is 5.10 Å². The zero-order chi connectivity index (χ0) is 16.7. The lowest BCUT2D eigenvalue weighted by atomic mass is 10.1. The number of aromatic nitrogens is 4. The molecule has 1 saturated heterocycles. The van der Waals surface area contributed by atoms with Crippen LogP contribution in [0, 0.1) is 6.92 Å². The molecule has 1 aliphatic rings. The summed E-state index contributed by atoms with van der Waals surface area (Å²) >= 11 is 6.08. The van der Waals surface area contributed by atoms with Crippen molar-refractivity contribution in [2.75, 3.05) is 13.2 Å².